The Balaban J connectivity index is 1.45. The van der Waals surface area contributed by atoms with Crippen LogP contribution in [0.1, 0.15) is 12.0 Å². The zero-order chi connectivity index (χ0) is 19.7. The van der Waals surface area contributed by atoms with Gasteiger partial charge < -0.3 is 0 Å². The Hall–Kier alpha value is -3.43. The van der Waals surface area contributed by atoms with Gasteiger partial charge in [0.15, 0.2) is 0 Å². The van der Waals surface area contributed by atoms with Gasteiger partial charge in [-0.25, -0.2) is 0 Å². The molecule has 4 aliphatic carbocycles. The maximum Gasteiger partial charge on any atom is 0.276 e. The molecule has 1 aromatic carbocycles. The fourth-order valence-electron chi connectivity index (χ4n) is 5.08. The minimum Gasteiger partial charge on any atom is -0.272 e. The van der Waals surface area contributed by atoms with E-state index in [1.807, 2.05) is 12.2 Å². The van der Waals surface area contributed by atoms with Gasteiger partial charge in [0.25, 0.3) is 23.2 Å². The highest BCUT2D eigenvalue weighted by molar-refractivity contribution is 6.06. The number of nitro benzene ring substituents is 2. The molecule has 2 saturated carbocycles. The number of carbonyl (C=O) groups is 2. The summed E-state index contributed by atoms with van der Waals surface area (Å²) in [5.41, 5.74) is -0.864. The highest BCUT2D eigenvalue weighted by atomic mass is 16.6. The topological polar surface area (TPSA) is 136 Å². The lowest BCUT2D eigenvalue weighted by Gasteiger charge is -2.37. The smallest absolute Gasteiger partial charge is 0.272 e. The lowest BCUT2D eigenvalue weighted by molar-refractivity contribution is -0.394. The molecule has 6 atom stereocenters. The van der Waals surface area contributed by atoms with Crippen LogP contribution in [0.25, 0.3) is 0 Å². The Labute approximate surface area is 157 Å². The first-order valence-electron chi connectivity index (χ1n) is 8.91. The molecule has 6 rings (SSSR count). The van der Waals surface area contributed by atoms with Crippen molar-refractivity contribution in [2.45, 2.75) is 6.42 Å². The van der Waals surface area contributed by atoms with Gasteiger partial charge >= 0.3 is 0 Å². The zero-order valence-corrected chi connectivity index (χ0v) is 14.4. The van der Waals surface area contributed by atoms with Crippen molar-refractivity contribution in [1.29, 1.82) is 0 Å². The second kappa shape index (κ2) is 5.54. The number of hydrogen-bond donors (Lipinski definition) is 0. The van der Waals surface area contributed by atoms with Crippen molar-refractivity contribution in [3.63, 3.8) is 0 Å². The third-order valence-corrected chi connectivity index (χ3v) is 6.31. The number of allylic oxidation sites excluding steroid dienone is 2. The molecule has 0 radical (unpaired) electrons. The molecular formula is C18H14N4O6. The molecule has 28 heavy (non-hydrogen) atoms. The number of hydrazone groups is 1. The summed E-state index contributed by atoms with van der Waals surface area (Å²) in [6, 6.07) is 3.05. The number of nitro groups is 2. The molecule has 1 aromatic rings. The van der Waals surface area contributed by atoms with Crippen molar-refractivity contribution in [2.24, 2.45) is 40.6 Å². The van der Waals surface area contributed by atoms with Crippen LogP contribution >= 0.6 is 0 Å². The van der Waals surface area contributed by atoms with Gasteiger partial charge in [-0.05, 0) is 30.1 Å². The van der Waals surface area contributed by atoms with E-state index in [4.69, 9.17) is 0 Å². The predicted octanol–water partition coefficient (Wildman–Crippen LogP) is 1.89. The van der Waals surface area contributed by atoms with Gasteiger partial charge in [-0.2, -0.15) is 10.1 Å². The van der Waals surface area contributed by atoms with Gasteiger partial charge in [0.05, 0.1) is 34.0 Å². The van der Waals surface area contributed by atoms with Gasteiger partial charge in [0.2, 0.25) is 0 Å². The number of nitrogens with zero attached hydrogens (tertiary/aromatic N) is 4. The van der Waals surface area contributed by atoms with Crippen molar-refractivity contribution >= 4 is 29.4 Å². The molecule has 142 valence electrons. The Morgan fingerprint density at radius 2 is 1.43 bits per heavy atom. The van der Waals surface area contributed by atoms with E-state index in [2.05, 4.69) is 5.10 Å². The second-order valence-corrected chi connectivity index (χ2v) is 7.68. The normalized spacial score (nSPS) is 34.6. The van der Waals surface area contributed by atoms with E-state index < -0.39 is 33.1 Å². The number of imide groups is 1. The molecule has 0 aromatic heterocycles. The average Bonchev–Trinajstić information content (AvgIpc) is 3.45. The lowest BCUT2D eigenvalue weighted by Crippen LogP contribution is -2.40. The van der Waals surface area contributed by atoms with E-state index in [-0.39, 0.29) is 29.2 Å². The minimum absolute atomic E-state index is 0.0653. The van der Waals surface area contributed by atoms with Crippen molar-refractivity contribution in [2.75, 3.05) is 0 Å². The van der Waals surface area contributed by atoms with Crippen molar-refractivity contribution < 1.29 is 19.4 Å². The fraction of sp³-hybridized carbons (Fsp3) is 0.389. The molecule has 0 spiro atoms. The van der Waals surface area contributed by atoms with Crippen molar-refractivity contribution in [1.82, 2.24) is 5.01 Å². The van der Waals surface area contributed by atoms with Crippen LogP contribution in [0.2, 0.25) is 0 Å². The third kappa shape index (κ3) is 2.23. The molecule has 5 aliphatic rings. The minimum atomic E-state index is -0.749. The molecule has 0 N–H and O–H groups in total. The number of rotatable bonds is 4. The van der Waals surface area contributed by atoms with Gasteiger partial charge in [-0.1, -0.05) is 12.2 Å². The Bertz CT molecular complexity index is 949. The highest BCUT2D eigenvalue weighted by Crippen LogP contribution is 2.65. The molecule has 2 bridgehead atoms. The first-order valence-corrected chi connectivity index (χ1v) is 8.91. The SMILES string of the molecule is O=C1[C@@H]2[C@H]3C=C[C@@H]([C@@H]4C[C@H]34)[C@H]2C(=O)N1/N=C\c1cc([N+](=O)[O-])cc([N+](=O)[O-])c1. The summed E-state index contributed by atoms with van der Waals surface area (Å²) in [6.07, 6.45) is 6.23. The van der Waals surface area contributed by atoms with Crippen molar-refractivity contribution in [3.8, 4) is 0 Å². The highest BCUT2D eigenvalue weighted by Gasteiger charge is 2.67. The van der Waals surface area contributed by atoms with Crippen LogP contribution in [0.15, 0.2) is 35.5 Å². The van der Waals surface area contributed by atoms with E-state index in [0.717, 1.165) is 35.8 Å². The average molecular weight is 382 g/mol. The van der Waals surface area contributed by atoms with Crippen LogP contribution in [-0.2, 0) is 9.59 Å². The fourth-order valence-corrected chi connectivity index (χ4v) is 5.08. The summed E-state index contributed by atoms with van der Waals surface area (Å²) in [4.78, 5) is 46.1. The van der Waals surface area contributed by atoms with Crippen LogP contribution in [0.4, 0.5) is 11.4 Å². The first-order chi connectivity index (χ1) is 13.4. The largest absolute Gasteiger partial charge is 0.276 e. The summed E-state index contributed by atoms with van der Waals surface area (Å²) in [5, 5.41) is 26.8. The summed E-state index contributed by atoms with van der Waals surface area (Å²) < 4.78 is 0. The van der Waals surface area contributed by atoms with Crippen LogP contribution in [0, 0.1) is 55.7 Å². The van der Waals surface area contributed by atoms with Gasteiger partial charge in [-0.15, -0.1) is 0 Å². The van der Waals surface area contributed by atoms with Gasteiger partial charge in [0.1, 0.15) is 0 Å². The van der Waals surface area contributed by atoms with E-state index in [1.54, 1.807) is 0 Å². The molecule has 1 saturated heterocycles. The maximum atomic E-state index is 12.8. The van der Waals surface area contributed by atoms with Crippen LogP contribution in [0.3, 0.4) is 0 Å². The number of hydrogen-bond acceptors (Lipinski definition) is 7. The lowest BCUT2D eigenvalue weighted by atomic mass is 9.63. The first kappa shape index (κ1) is 16.7. The number of carbonyl (C=O) groups excluding carboxylic acids is 2. The summed E-state index contributed by atoms with van der Waals surface area (Å²) in [6.45, 7) is 0. The van der Waals surface area contributed by atoms with Crippen LogP contribution in [-0.4, -0.2) is 32.9 Å². The second-order valence-electron chi connectivity index (χ2n) is 7.68. The molecule has 1 aliphatic heterocycles. The molecule has 10 heteroatoms. The molecule has 0 unspecified atom stereocenters. The van der Waals surface area contributed by atoms with Crippen LogP contribution in [0.5, 0.6) is 0 Å². The Morgan fingerprint density at radius 1 is 0.929 bits per heavy atom. The van der Waals surface area contributed by atoms with Gasteiger partial charge in [-0.3, -0.25) is 29.8 Å². The third-order valence-electron chi connectivity index (χ3n) is 6.31. The molecular weight excluding hydrogens is 368 g/mol. The number of non-ortho nitro benzene ring substituents is 2. The van der Waals surface area contributed by atoms with E-state index >= 15 is 0 Å². The molecule has 1 heterocycles. The maximum absolute atomic E-state index is 12.8. The van der Waals surface area contributed by atoms with E-state index in [9.17, 15) is 29.8 Å². The number of benzene rings is 1. The van der Waals surface area contributed by atoms with Crippen molar-refractivity contribution in [3.05, 3.63) is 56.1 Å². The Kier molecular flexibility index (Phi) is 3.31. The van der Waals surface area contributed by atoms with E-state index in [0.29, 0.717) is 11.8 Å². The zero-order valence-electron chi connectivity index (χ0n) is 14.4. The molecule has 3 fully saturated rings. The molecule has 2 amide bonds. The predicted molar refractivity (Wildman–Crippen MR) is 93.9 cm³/mol. The molecule has 10 nitrogen and oxygen atoms in total. The quantitative estimate of drug-likeness (QED) is 0.256. The van der Waals surface area contributed by atoms with Gasteiger partial charge in [0, 0.05) is 17.7 Å². The Morgan fingerprint density at radius 3 is 1.89 bits per heavy atom. The number of amides is 2. The monoisotopic (exact) mass is 382 g/mol. The summed E-state index contributed by atoms with van der Waals surface area (Å²) >= 11 is 0. The summed E-state index contributed by atoms with van der Waals surface area (Å²) in [7, 11) is 0. The standard InChI is InChI=1S/C18H14N4O6/c23-17-15-11-1-2-12(14-6-13(11)14)16(15)18(24)20(17)19-7-8-3-9(21(25)26)5-10(4-8)22(27)28/h1-5,7,11-16H,6H2/b19-7-/t11-,12-,13-,14+,15+,16+/m0/s1. The van der Waals surface area contributed by atoms with E-state index in [1.165, 1.54) is 0 Å². The van der Waals surface area contributed by atoms with Crippen LogP contribution < -0.4 is 0 Å². The summed E-state index contributed by atoms with van der Waals surface area (Å²) in [5.74, 6) is -0.462.